The van der Waals surface area contributed by atoms with E-state index in [1.165, 1.54) is 6.07 Å². The van der Waals surface area contributed by atoms with Crippen LogP contribution in [0.2, 0.25) is 5.28 Å². The maximum Gasteiger partial charge on any atom is 0.224 e. The largest absolute Gasteiger partial charge is 0.327 e. The summed E-state index contributed by atoms with van der Waals surface area (Å²) >= 11 is 5.78. The van der Waals surface area contributed by atoms with E-state index in [0.29, 0.717) is 11.5 Å². The number of hydrogen-bond acceptors (Lipinski definition) is 3. The van der Waals surface area contributed by atoms with Crippen LogP contribution in [0.15, 0.2) is 30.3 Å². The number of aryl methyl sites for hydroxylation is 1. The molecule has 0 bridgehead atoms. The van der Waals surface area contributed by atoms with Crippen LogP contribution < -0.4 is 4.90 Å². The van der Waals surface area contributed by atoms with Crippen LogP contribution >= 0.6 is 11.6 Å². The van der Waals surface area contributed by atoms with E-state index in [4.69, 9.17) is 11.6 Å². The number of rotatable bonds is 2. The molecule has 88 valence electrons. The van der Waals surface area contributed by atoms with Gasteiger partial charge in [-0.1, -0.05) is 12.1 Å². The van der Waals surface area contributed by atoms with Crippen molar-refractivity contribution in [3.63, 3.8) is 0 Å². The number of halogens is 2. The molecule has 0 spiro atoms. The molecule has 1 aromatic carbocycles. The molecule has 0 aliphatic rings. The van der Waals surface area contributed by atoms with E-state index >= 15 is 0 Å². The fraction of sp³-hybridized carbons (Fsp3) is 0.167. The lowest BCUT2D eigenvalue weighted by Gasteiger charge is -2.19. The van der Waals surface area contributed by atoms with E-state index in [2.05, 4.69) is 9.97 Å². The first-order chi connectivity index (χ1) is 8.08. The average molecular weight is 252 g/mol. The molecule has 0 unspecified atom stereocenters. The van der Waals surface area contributed by atoms with Crippen molar-refractivity contribution in [2.75, 3.05) is 11.9 Å². The van der Waals surface area contributed by atoms with Crippen LogP contribution in [0.3, 0.4) is 0 Å². The number of benzene rings is 1. The van der Waals surface area contributed by atoms with Gasteiger partial charge in [-0.2, -0.15) is 0 Å². The second-order valence-electron chi connectivity index (χ2n) is 3.65. The lowest BCUT2D eigenvalue weighted by molar-refractivity contribution is 0.627. The fourth-order valence-electron chi connectivity index (χ4n) is 1.54. The molecule has 0 aliphatic heterocycles. The van der Waals surface area contributed by atoms with Crippen molar-refractivity contribution in [2.24, 2.45) is 0 Å². The number of anilines is 2. The molecule has 17 heavy (non-hydrogen) atoms. The molecule has 2 rings (SSSR count). The Morgan fingerprint density at radius 3 is 2.59 bits per heavy atom. The first kappa shape index (κ1) is 11.8. The van der Waals surface area contributed by atoms with Crippen molar-refractivity contribution >= 4 is 23.1 Å². The fourth-order valence-corrected chi connectivity index (χ4v) is 1.76. The van der Waals surface area contributed by atoms with E-state index < -0.39 is 0 Å². The SMILES string of the molecule is Cc1cc(N(C)c2ccccc2F)nc(Cl)n1. The molecule has 5 heteroatoms. The zero-order chi connectivity index (χ0) is 12.4. The Morgan fingerprint density at radius 2 is 1.94 bits per heavy atom. The highest BCUT2D eigenvalue weighted by molar-refractivity contribution is 6.28. The summed E-state index contributed by atoms with van der Waals surface area (Å²) < 4.78 is 13.6. The minimum Gasteiger partial charge on any atom is -0.327 e. The Morgan fingerprint density at radius 1 is 1.24 bits per heavy atom. The number of hydrogen-bond donors (Lipinski definition) is 0. The molecule has 0 saturated carbocycles. The van der Waals surface area contributed by atoms with Crippen LogP contribution in [0.25, 0.3) is 0 Å². The molecule has 0 aliphatic carbocycles. The third-order valence-corrected chi connectivity index (χ3v) is 2.54. The highest BCUT2D eigenvalue weighted by Crippen LogP contribution is 2.25. The molecular weight excluding hydrogens is 241 g/mol. The Labute approximate surface area is 104 Å². The normalized spacial score (nSPS) is 10.4. The van der Waals surface area contributed by atoms with E-state index in [1.54, 1.807) is 36.2 Å². The summed E-state index contributed by atoms with van der Waals surface area (Å²) in [5, 5.41) is 0.156. The minimum atomic E-state index is -0.303. The van der Waals surface area contributed by atoms with Crippen LogP contribution in [0.1, 0.15) is 5.69 Å². The molecule has 0 saturated heterocycles. The van der Waals surface area contributed by atoms with Gasteiger partial charge >= 0.3 is 0 Å². The second-order valence-corrected chi connectivity index (χ2v) is 3.99. The highest BCUT2D eigenvalue weighted by Gasteiger charge is 2.11. The maximum atomic E-state index is 13.6. The van der Waals surface area contributed by atoms with E-state index in [-0.39, 0.29) is 11.1 Å². The van der Waals surface area contributed by atoms with Gasteiger partial charge in [0.25, 0.3) is 0 Å². The smallest absolute Gasteiger partial charge is 0.224 e. The van der Waals surface area contributed by atoms with Gasteiger partial charge in [0.1, 0.15) is 11.6 Å². The number of para-hydroxylation sites is 1. The van der Waals surface area contributed by atoms with Gasteiger partial charge in [0.05, 0.1) is 5.69 Å². The van der Waals surface area contributed by atoms with Gasteiger partial charge in [-0.3, -0.25) is 0 Å². The number of nitrogens with zero attached hydrogens (tertiary/aromatic N) is 3. The van der Waals surface area contributed by atoms with Crippen LogP contribution in [0, 0.1) is 12.7 Å². The lowest BCUT2D eigenvalue weighted by atomic mass is 10.3. The number of aromatic nitrogens is 2. The van der Waals surface area contributed by atoms with Gasteiger partial charge in [0.15, 0.2) is 0 Å². The third kappa shape index (κ3) is 2.53. The van der Waals surface area contributed by atoms with Gasteiger partial charge < -0.3 is 4.90 Å². The van der Waals surface area contributed by atoms with Crippen molar-refractivity contribution < 1.29 is 4.39 Å². The molecule has 0 atom stereocenters. The van der Waals surface area contributed by atoms with Crippen LogP contribution in [-0.4, -0.2) is 17.0 Å². The monoisotopic (exact) mass is 251 g/mol. The predicted molar refractivity (Wildman–Crippen MR) is 66.2 cm³/mol. The van der Waals surface area contributed by atoms with E-state index in [0.717, 1.165) is 5.69 Å². The van der Waals surface area contributed by atoms with Crippen molar-refractivity contribution in [1.29, 1.82) is 0 Å². The summed E-state index contributed by atoms with van der Waals surface area (Å²) in [5.74, 6) is 0.259. The quantitative estimate of drug-likeness (QED) is 0.767. The summed E-state index contributed by atoms with van der Waals surface area (Å²) in [6.07, 6.45) is 0. The highest BCUT2D eigenvalue weighted by atomic mass is 35.5. The Bertz CT molecular complexity index is 525. The van der Waals surface area contributed by atoms with Crippen LogP contribution in [0.4, 0.5) is 15.9 Å². The molecule has 0 radical (unpaired) electrons. The Kier molecular flexibility index (Phi) is 3.24. The van der Waals surface area contributed by atoms with Gasteiger partial charge in [0.2, 0.25) is 5.28 Å². The predicted octanol–water partition coefficient (Wildman–Crippen LogP) is 3.35. The van der Waals surface area contributed by atoms with Crippen LogP contribution in [-0.2, 0) is 0 Å². The van der Waals surface area contributed by atoms with E-state index in [9.17, 15) is 4.39 Å². The molecule has 1 aromatic heterocycles. The van der Waals surface area contributed by atoms with Gasteiger partial charge in [-0.25, -0.2) is 14.4 Å². The summed E-state index contributed by atoms with van der Waals surface area (Å²) in [4.78, 5) is 9.67. The summed E-state index contributed by atoms with van der Waals surface area (Å²) in [7, 11) is 1.73. The molecule has 0 amide bonds. The van der Waals surface area contributed by atoms with E-state index in [1.807, 2.05) is 6.92 Å². The van der Waals surface area contributed by atoms with Gasteiger partial charge in [0, 0.05) is 18.8 Å². The van der Waals surface area contributed by atoms with Gasteiger partial charge in [-0.05, 0) is 30.7 Å². The molecule has 3 nitrogen and oxygen atoms in total. The standard InChI is InChI=1S/C12H11ClFN3/c1-8-7-11(16-12(13)15-8)17(2)10-6-4-3-5-9(10)14/h3-7H,1-2H3. The molecule has 0 N–H and O–H groups in total. The maximum absolute atomic E-state index is 13.6. The average Bonchev–Trinajstić information content (AvgIpc) is 2.27. The van der Waals surface area contributed by atoms with Gasteiger partial charge in [-0.15, -0.1) is 0 Å². The molecule has 0 fully saturated rings. The zero-order valence-corrected chi connectivity index (χ0v) is 10.2. The van der Waals surface area contributed by atoms with Crippen LogP contribution in [0.5, 0.6) is 0 Å². The first-order valence-corrected chi connectivity index (χ1v) is 5.45. The molecule has 1 heterocycles. The Balaban J connectivity index is 2.43. The lowest BCUT2D eigenvalue weighted by Crippen LogP contribution is -2.13. The minimum absolute atomic E-state index is 0.156. The molecule has 2 aromatic rings. The van der Waals surface area contributed by atoms with Crippen molar-refractivity contribution in [2.45, 2.75) is 6.92 Å². The Hall–Kier alpha value is -1.68. The molecular formula is C12H11ClFN3. The topological polar surface area (TPSA) is 29.0 Å². The zero-order valence-electron chi connectivity index (χ0n) is 9.48. The van der Waals surface area contributed by atoms with Crippen molar-refractivity contribution in [1.82, 2.24) is 9.97 Å². The third-order valence-electron chi connectivity index (χ3n) is 2.37. The first-order valence-electron chi connectivity index (χ1n) is 5.07. The summed E-state index contributed by atoms with van der Waals surface area (Å²) in [5.41, 5.74) is 1.19. The van der Waals surface area contributed by atoms with Crippen molar-refractivity contribution in [3.8, 4) is 0 Å². The summed E-state index contributed by atoms with van der Waals surface area (Å²) in [6.45, 7) is 1.81. The second kappa shape index (κ2) is 4.67. The van der Waals surface area contributed by atoms with Crippen molar-refractivity contribution in [3.05, 3.63) is 47.1 Å². The summed E-state index contributed by atoms with van der Waals surface area (Å²) in [6, 6.07) is 8.25.